The zero-order valence-electron chi connectivity index (χ0n) is 16.4. The van der Waals surface area contributed by atoms with Gasteiger partial charge in [0.05, 0.1) is 11.6 Å². The number of ketones is 1. The maximum absolute atomic E-state index is 13.1. The first-order chi connectivity index (χ1) is 15.3. The first kappa shape index (κ1) is 21.1. The highest BCUT2D eigenvalue weighted by Crippen LogP contribution is 2.43. The second-order valence-corrected chi connectivity index (χ2v) is 7.53. The van der Waals surface area contributed by atoms with Crippen LogP contribution in [0.15, 0.2) is 78.4 Å². The van der Waals surface area contributed by atoms with Crippen LogP contribution in [0.4, 0.5) is 5.69 Å². The third-order valence-electron chi connectivity index (χ3n) is 5.17. The number of hydrogen-bond donors (Lipinski definition) is 3. The number of carboxylic acids is 1. The molecule has 1 aliphatic heterocycles. The van der Waals surface area contributed by atoms with Gasteiger partial charge in [0.1, 0.15) is 17.1 Å². The molecule has 3 aromatic carbocycles. The number of aromatic hydroxyl groups is 1. The number of aliphatic hydroxyl groups is 1. The van der Waals surface area contributed by atoms with Crippen LogP contribution in [0.2, 0.25) is 5.02 Å². The number of Topliss-reactive ketones (excluding diaryl/α,β-unsaturated/α-hetero) is 1. The Hall–Kier alpha value is -4.10. The normalized spacial score (nSPS) is 17.5. The van der Waals surface area contributed by atoms with Gasteiger partial charge in [-0.2, -0.15) is 0 Å². The predicted molar refractivity (Wildman–Crippen MR) is 118 cm³/mol. The van der Waals surface area contributed by atoms with Gasteiger partial charge in [-0.1, -0.05) is 54.1 Å². The van der Waals surface area contributed by atoms with Gasteiger partial charge in [0.25, 0.3) is 11.7 Å². The summed E-state index contributed by atoms with van der Waals surface area (Å²) >= 11 is 6.00. The van der Waals surface area contributed by atoms with Gasteiger partial charge in [-0.3, -0.25) is 14.5 Å². The number of benzene rings is 3. The Labute approximate surface area is 187 Å². The summed E-state index contributed by atoms with van der Waals surface area (Å²) in [4.78, 5) is 38.7. The quantitative estimate of drug-likeness (QED) is 0.309. The molecule has 1 unspecified atom stereocenters. The van der Waals surface area contributed by atoms with Crippen LogP contribution in [0.25, 0.3) is 5.76 Å². The average Bonchev–Trinajstić information content (AvgIpc) is 3.05. The van der Waals surface area contributed by atoms with Crippen LogP contribution in [-0.2, 0) is 9.59 Å². The van der Waals surface area contributed by atoms with Crippen LogP contribution in [0.5, 0.6) is 5.75 Å². The number of hydrogen-bond acceptors (Lipinski definition) is 5. The first-order valence-corrected chi connectivity index (χ1v) is 9.85. The van der Waals surface area contributed by atoms with E-state index in [1.807, 2.05) is 0 Å². The van der Waals surface area contributed by atoms with Crippen molar-refractivity contribution < 1.29 is 29.7 Å². The van der Waals surface area contributed by atoms with Gasteiger partial charge < -0.3 is 15.3 Å². The van der Waals surface area contributed by atoms with E-state index in [2.05, 4.69) is 0 Å². The molecule has 1 fully saturated rings. The molecule has 160 valence electrons. The number of nitrogens with zero attached hydrogens (tertiary/aromatic N) is 1. The first-order valence-electron chi connectivity index (χ1n) is 9.48. The minimum Gasteiger partial charge on any atom is -0.507 e. The van der Waals surface area contributed by atoms with Gasteiger partial charge in [-0.05, 0) is 35.9 Å². The van der Waals surface area contributed by atoms with Crippen molar-refractivity contribution in [2.45, 2.75) is 6.04 Å². The number of aliphatic hydroxyl groups excluding tert-OH is 1. The molecule has 0 bridgehead atoms. The minimum absolute atomic E-state index is 0.0781. The molecule has 3 aromatic rings. The van der Waals surface area contributed by atoms with Crippen LogP contribution < -0.4 is 4.90 Å². The number of carbonyl (C=O) groups is 3. The zero-order chi connectivity index (χ0) is 23.0. The van der Waals surface area contributed by atoms with Crippen LogP contribution in [0.1, 0.15) is 27.5 Å². The molecule has 0 aliphatic carbocycles. The highest BCUT2D eigenvalue weighted by molar-refractivity contribution is 6.51. The summed E-state index contributed by atoms with van der Waals surface area (Å²) in [6, 6.07) is 17.2. The lowest BCUT2D eigenvalue weighted by Crippen LogP contribution is -2.29. The molecule has 8 heteroatoms. The molecule has 1 atom stereocenters. The van der Waals surface area contributed by atoms with Crippen LogP contribution in [-0.4, -0.2) is 33.0 Å². The van der Waals surface area contributed by atoms with Crippen LogP contribution in [0, 0.1) is 0 Å². The fraction of sp³-hybridized carbons (Fsp3) is 0.0417. The van der Waals surface area contributed by atoms with Crippen molar-refractivity contribution in [1.82, 2.24) is 0 Å². The summed E-state index contributed by atoms with van der Waals surface area (Å²) < 4.78 is 0. The van der Waals surface area contributed by atoms with Crippen LogP contribution >= 0.6 is 11.6 Å². The monoisotopic (exact) mass is 449 g/mol. The van der Waals surface area contributed by atoms with E-state index in [1.54, 1.807) is 54.6 Å². The molecule has 0 saturated carbocycles. The number of carboxylic acid groups (broad SMARTS) is 1. The number of rotatable bonds is 4. The lowest BCUT2D eigenvalue weighted by atomic mass is 9.95. The smallest absolute Gasteiger partial charge is 0.339 e. The Bertz CT molecular complexity index is 1270. The van der Waals surface area contributed by atoms with E-state index >= 15 is 0 Å². The SMILES string of the molecule is O=C1C(=O)N(c2ccc(O)c(C(=O)O)c2)C(c2ccc(Cl)cc2)C1=C(O)c1ccccc1. The van der Waals surface area contributed by atoms with Gasteiger partial charge in [-0.15, -0.1) is 0 Å². The fourth-order valence-corrected chi connectivity index (χ4v) is 3.78. The largest absolute Gasteiger partial charge is 0.507 e. The molecule has 1 amide bonds. The topological polar surface area (TPSA) is 115 Å². The van der Waals surface area contributed by atoms with Crippen molar-refractivity contribution in [2.24, 2.45) is 0 Å². The van der Waals surface area contributed by atoms with Crippen molar-refractivity contribution in [1.29, 1.82) is 0 Å². The van der Waals surface area contributed by atoms with E-state index in [9.17, 15) is 29.7 Å². The number of anilines is 1. The molecule has 3 N–H and O–H groups in total. The fourth-order valence-electron chi connectivity index (χ4n) is 3.66. The molecule has 32 heavy (non-hydrogen) atoms. The molecule has 1 aliphatic rings. The Balaban J connectivity index is 1.96. The molecule has 4 rings (SSSR count). The van der Waals surface area contributed by atoms with E-state index in [1.165, 1.54) is 6.07 Å². The van der Waals surface area contributed by atoms with E-state index in [-0.39, 0.29) is 17.0 Å². The van der Waals surface area contributed by atoms with Gasteiger partial charge in [-0.25, -0.2) is 4.79 Å². The minimum atomic E-state index is -1.40. The van der Waals surface area contributed by atoms with E-state index in [0.717, 1.165) is 17.0 Å². The maximum atomic E-state index is 13.1. The van der Waals surface area contributed by atoms with Gasteiger partial charge >= 0.3 is 5.97 Å². The molecule has 1 saturated heterocycles. The van der Waals surface area contributed by atoms with Crippen LogP contribution in [0.3, 0.4) is 0 Å². The lowest BCUT2D eigenvalue weighted by Gasteiger charge is -2.26. The van der Waals surface area contributed by atoms with Crippen molar-refractivity contribution in [3.05, 3.63) is 100 Å². The van der Waals surface area contributed by atoms with Gasteiger partial charge in [0.2, 0.25) is 0 Å². The summed E-state index contributed by atoms with van der Waals surface area (Å²) in [6.07, 6.45) is 0. The summed E-state index contributed by atoms with van der Waals surface area (Å²) in [5.74, 6) is -4.09. The lowest BCUT2D eigenvalue weighted by molar-refractivity contribution is -0.132. The van der Waals surface area contributed by atoms with Crippen molar-refractivity contribution in [2.75, 3.05) is 4.90 Å². The second-order valence-electron chi connectivity index (χ2n) is 7.09. The third kappa shape index (κ3) is 3.59. The Morgan fingerprint density at radius 2 is 1.56 bits per heavy atom. The van der Waals surface area contributed by atoms with E-state index in [0.29, 0.717) is 16.1 Å². The maximum Gasteiger partial charge on any atom is 0.339 e. The Morgan fingerprint density at radius 3 is 2.19 bits per heavy atom. The summed E-state index contributed by atoms with van der Waals surface area (Å²) in [6.45, 7) is 0. The molecule has 7 nitrogen and oxygen atoms in total. The number of phenols is 1. The summed E-state index contributed by atoms with van der Waals surface area (Å²) in [5, 5.41) is 30.6. The number of aromatic carboxylic acids is 1. The second kappa shape index (κ2) is 8.20. The summed E-state index contributed by atoms with van der Waals surface area (Å²) in [5.41, 5.74) is 0.336. The third-order valence-corrected chi connectivity index (χ3v) is 5.42. The van der Waals surface area contributed by atoms with Crippen molar-refractivity contribution in [3.8, 4) is 5.75 Å². The van der Waals surface area contributed by atoms with E-state index in [4.69, 9.17) is 11.6 Å². The number of carbonyl (C=O) groups excluding carboxylic acids is 2. The Kier molecular flexibility index (Phi) is 5.42. The molecular formula is C24H16ClNO6. The van der Waals surface area contributed by atoms with Crippen molar-refractivity contribution in [3.63, 3.8) is 0 Å². The van der Waals surface area contributed by atoms with E-state index < -0.39 is 35.0 Å². The molecule has 0 aromatic heterocycles. The highest BCUT2D eigenvalue weighted by atomic mass is 35.5. The number of amides is 1. The van der Waals surface area contributed by atoms with Gasteiger partial charge in [0, 0.05) is 16.3 Å². The molecular weight excluding hydrogens is 434 g/mol. The summed E-state index contributed by atoms with van der Waals surface area (Å²) in [7, 11) is 0. The molecule has 1 heterocycles. The number of halogens is 1. The van der Waals surface area contributed by atoms with Crippen molar-refractivity contribution >= 4 is 40.7 Å². The average molecular weight is 450 g/mol. The highest BCUT2D eigenvalue weighted by Gasteiger charge is 2.47. The van der Waals surface area contributed by atoms with Gasteiger partial charge in [0.15, 0.2) is 0 Å². The standard InChI is InChI=1S/C24H16ClNO6/c25-15-8-6-13(7-9-15)20-19(21(28)14-4-2-1-3-5-14)22(29)23(30)26(20)16-10-11-18(27)17(12-16)24(31)32/h1-12,20,27-28H,(H,31,32). The zero-order valence-corrected chi connectivity index (χ0v) is 17.2. The molecule has 0 spiro atoms. The molecule has 0 radical (unpaired) electrons. The Morgan fingerprint density at radius 1 is 0.906 bits per heavy atom. The predicted octanol–water partition coefficient (Wildman–Crippen LogP) is 4.37.